The van der Waals surface area contributed by atoms with Crippen molar-refractivity contribution in [2.75, 3.05) is 5.73 Å². The smallest absolute Gasteiger partial charge is 0.397 e. The third-order valence-corrected chi connectivity index (χ3v) is 2.59. The van der Waals surface area contributed by atoms with Crippen LogP contribution in [0.25, 0.3) is 0 Å². The Bertz CT molecular complexity index is 349. The minimum absolute atomic E-state index is 0.272. The topological polar surface area (TPSA) is 26.0 Å². The number of hydrogen-bond acceptors (Lipinski definition) is 1. The van der Waals surface area contributed by atoms with Gasteiger partial charge in [0, 0.05) is 0 Å². The third kappa shape index (κ3) is 2.02. The molecule has 0 aliphatic carbocycles. The van der Waals surface area contributed by atoms with E-state index in [1.165, 1.54) is 0 Å². The molecule has 1 aromatic carbocycles. The molecule has 0 heterocycles. The number of benzene rings is 1. The van der Waals surface area contributed by atoms with Crippen LogP contribution < -0.4 is 5.73 Å². The minimum Gasteiger partial charge on any atom is -0.397 e. The largest absolute Gasteiger partial charge is 0.419 e. The monoisotopic (exact) mass is 263 g/mol. The molecule has 0 amide bonds. The Labute approximate surface area is 92.5 Å². The van der Waals surface area contributed by atoms with Gasteiger partial charge in [-0.15, -0.1) is 0 Å². The summed E-state index contributed by atoms with van der Waals surface area (Å²) in [5.74, 6) is 0. The zero-order chi connectivity index (χ0) is 11.1. The molecule has 0 atom stereocenters. The van der Waals surface area contributed by atoms with E-state index in [0.29, 0.717) is 0 Å². The van der Waals surface area contributed by atoms with Gasteiger partial charge in [0.2, 0.25) is 0 Å². The molecule has 0 saturated heterocycles. The summed E-state index contributed by atoms with van der Waals surface area (Å²) < 4.78 is 37.2. The quantitative estimate of drug-likeness (QED) is 0.550. The number of hydrogen-bond donors (Lipinski definition) is 1. The molecule has 78 valence electrons. The molecule has 1 rings (SSSR count). The zero-order valence-corrected chi connectivity index (χ0v) is 8.69. The van der Waals surface area contributed by atoms with Crippen molar-refractivity contribution in [2.24, 2.45) is 0 Å². The molecule has 7 heteroatoms. The molecule has 0 saturated carbocycles. The van der Waals surface area contributed by atoms with Gasteiger partial charge in [0.1, 0.15) is 5.56 Å². The first-order valence-corrected chi connectivity index (χ1v) is 4.38. The molecule has 0 fully saturated rings. The van der Waals surface area contributed by atoms with E-state index >= 15 is 0 Å². The van der Waals surface area contributed by atoms with Crippen molar-refractivity contribution < 1.29 is 13.2 Å². The predicted octanol–water partition coefficient (Wildman–Crippen LogP) is 4.25. The summed E-state index contributed by atoms with van der Waals surface area (Å²) in [6.45, 7) is 0. The SMILES string of the molecule is Nc1c(Cl)cc(Cl)c(Cl)c1C(F)(F)F. The summed E-state index contributed by atoms with van der Waals surface area (Å²) in [6, 6.07) is 1.07. The normalized spacial score (nSPS) is 11.9. The maximum atomic E-state index is 12.4. The van der Waals surface area contributed by atoms with Gasteiger partial charge in [-0.2, -0.15) is 13.2 Å². The second kappa shape index (κ2) is 3.68. The van der Waals surface area contributed by atoms with Crippen molar-refractivity contribution in [3.8, 4) is 0 Å². The second-order valence-electron chi connectivity index (χ2n) is 2.44. The number of anilines is 1. The number of nitrogens with two attached hydrogens (primary N) is 1. The average molecular weight is 264 g/mol. The molecular formula is C7H3Cl3F3N. The van der Waals surface area contributed by atoms with Crippen molar-refractivity contribution in [3.63, 3.8) is 0 Å². The first-order chi connectivity index (χ1) is 6.25. The minimum atomic E-state index is -4.67. The van der Waals surface area contributed by atoms with Gasteiger partial charge in [0.15, 0.2) is 0 Å². The first-order valence-electron chi connectivity index (χ1n) is 3.25. The van der Waals surface area contributed by atoms with E-state index in [2.05, 4.69) is 0 Å². The second-order valence-corrected chi connectivity index (χ2v) is 3.63. The Morgan fingerprint density at radius 1 is 1.07 bits per heavy atom. The number of halogens is 6. The Balaban J connectivity index is 3.56. The van der Waals surface area contributed by atoms with Crippen LogP contribution in [0.4, 0.5) is 18.9 Å². The Kier molecular flexibility index (Phi) is 3.09. The molecular weight excluding hydrogens is 261 g/mol. The molecule has 1 aromatic rings. The number of rotatable bonds is 0. The van der Waals surface area contributed by atoms with Crippen molar-refractivity contribution in [1.82, 2.24) is 0 Å². The van der Waals surface area contributed by atoms with Gasteiger partial charge < -0.3 is 5.73 Å². The van der Waals surface area contributed by atoms with Gasteiger partial charge in [-0.05, 0) is 6.07 Å². The average Bonchev–Trinajstić information content (AvgIpc) is 1.98. The van der Waals surface area contributed by atoms with Crippen LogP contribution in [0, 0.1) is 0 Å². The molecule has 0 bridgehead atoms. The lowest BCUT2D eigenvalue weighted by atomic mass is 10.1. The highest BCUT2D eigenvalue weighted by molar-refractivity contribution is 6.44. The summed E-state index contributed by atoms with van der Waals surface area (Å²) in [6.07, 6.45) is -4.67. The van der Waals surface area contributed by atoms with Crippen LogP contribution >= 0.6 is 34.8 Å². The molecule has 0 unspecified atom stereocenters. The van der Waals surface area contributed by atoms with Crippen LogP contribution in [-0.2, 0) is 6.18 Å². The molecule has 0 aliphatic heterocycles. The zero-order valence-electron chi connectivity index (χ0n) is 6.42. The van der Waals surface area contributed by atoms with Gasteiger partial charge in [-0.3, -0.25) is 0 Å². The fourth-order valence-electron chi connectivity index (χ4n) is 0.887. The Hall–Kier alpha value is -0.320. The van der Waals surface area contributed by atoms with E-state index in [1.54, 1.807) is 0 Å². The first kappa shape index (κ1) is 11.8. The van der Waals surface area contributed by atoms with E-state index in [4.69, 9.17) is 40.5 Å². The highest BCUT2D eigenvalue weighted by Crippen LogP contribution is 2.44. The van der Waals surface area contributed by atoms with Gasteiger partial charge in [-0.25, -0.2) is 0 Å². The third-order valence-electron chi connectivity index (χ3n) is 1.49. The molecule has 0 aromatic heterocycles. The van der Waals surface area contributed by atoms with E-state index in [-0.39, 0.29) is 10.0 Å². The van der Waals surface area contributed by atoms with Crippen molar-refractivity contribution in [3.05, 3.63) is 26.7 Å². The molecule has 0 radical (unpaired) electrons. The van der Waals surface area contributed by atoms with E-state index in [9.17, 15) is 13.2 Å². The fraction of sp³-hybridized carbons (Fsp3) is 0.143. The van der Waals surface area contributed by atoms with Crippen LogP contribution in [0.5, 0.6) is 0 Å². The van der Waals surface area contributed by atoms with Crippen LogP contribution in [-0.4, -0.2) is 0 Å². The number of alkyl halides is 3. The maximum Gasteiger partial charge on any atom is 0.419 e. The van der Waals surface area contributed by atoms with E-state index in [1.807, 2.05) is 0 Å². The van der Waals surface area contributed by atoms with E-state index < -0.39 is 22.4 Å². The van der Waals surface area contributed by atoms with Crippen LogP contribution in [0.15, 0.2) is 6.07 Å². The standard InChI is InChI=1S/C7H3Cl3F3N/c8-2-1-3(9)6(14)4(5(2)10)7(11,12)13/h1H,14H2. The molecule has 1 nitrogen and oxygen atoms in total. The fourth-order valence-corrected chi connectivity index (χ4v) is 1.61. The molecule has 0 spiro atoms. The highest BCUT2D eigenvalue weighted by Gasteiger charge is 2.37. The number of nitrogen functional groups attached to an aromatic ring is 1. The summed E-state index contributed by atoms with van der Waals surface area (Å²) >= 11 is 16.2. The van der Waals surface area contributed by atoms with Crippen molar-refractivity contribution >= 4 is 40.5 Å². The van der Waals surface area contributed by atoms with Gasteiger partial charge in [0.05, 0.1) is 20.8 Å². The lowest BCUT2D eigenvalue weighted by Crippen LogP contribution is -2.10. The summed E-state index contributed by atoms with van der Waals surface area (Å²) in [4.78, 5) is 0. The lowest BCUT2D eigenvalue weighted by Gasteiger charge is -2.13. The van der Waals surface area contributed by atoms with Gasteiger partial charge in [0.25, 0.3) is 0 Å². The maximum absolute atomic E-state index is 12.4. The molecule has 14 heavy (non-hydrogen) atoms. The van der Waals surface area contributed by atoms with Crippen molar-refractivity contribution in [1.29, 1.82) is 0 Å². The van der Waals surface area contributed by atoms with Gasteiger partial charge in [-0.1, -0.05) is 34.8 Å². The Morgan fingerprint density at radius 3 is 2.00 bits per heavy atom. The predicted molar refractivity (Wildman–Crippen MR) is 50.9 cm³/mol. The Morgan fingerprint density at radius 2 is 1.57 bits per heavy atom. The lowest BCUT2D eigenvalue weighted by molar-refractivity contribution is -0.136. The van der Waals surface area contributed by atoms with Gasteiger partial charge >= 0.3 is 6.18 Å². The summed E-state index contributed by atoms with van der Waals surface area (Å²) in [7, 11) is 0. The molecule has 0 aliphatic rings. The highest BCUT2D eigenvalue weighted by atomic mass is 35.5. The van der Waals surface area contributed by atoms with Crippen LogP contribution in [0.1, 0.15) is 5.56 Å². The van der Waals surface area contributed by atoms with Crippen molar-refractivity contribution in [2.45, 2.75) is 6.18 Å². The summed E-state index contributed by atoms with van der Waals surface area (Å²) in [5.41, 5.74) is 3.33. The van der Waals surface area contributed by atoms with Crippen LogP contribution in [0.3, 0.4) is 0 Å². The van der Waals surface area contributed by atoms with Crippen LogP contribution in [0.2, 0.25) is 15.1 Å². The summed E-state index contributed by atoms with van der Waals surface area (Å²) in [5, 5.41) is -1.19. The van der Waals surface area contributed by atoms with E-state index in [0.717, 1.165) is 6.07 Å². The molecule has 2 N–H and O–H groups in total.